The molecule has 0 radical (unpaired) electrons. The fraction of sp³-hybridized carbons (Fsp3) is 0.667. The topological polar surface area (TPSA) is 114 Å². The van der Waals surface area contributed by atoms with Gasteiger partial charge in [-0.25, -0.2) is 4.79 Å². The van der Waals surface area contributed by atoms with Crippen LogP contribution in [0, 0.1) is 19.8 Å². The number of hydrogen-bond acceptors (Lipinski definition) is 6. The van der Waals surface area contributed by atoms with E-state index in [-0.39, 0.29) is 18.4 Å². The molecule has 1 rings (SSSR count). The molecule has 2 atom stereocenters. The van der Waals surface area contributed by atoms with Gasteiger partial charge in [-0.1, -0.05) is 75.8 Å². The van der Waals surface area contributed by atoms with Crippen molar-refractivity contribution in [3.8, 4) is 0 Å². The first-order valence-electron chi connectivity index (χ1n) is 13.9. The summed E-state index contributed by atoms with van der Waals surface area (Å²) in [5, 5.41) is 5.37. The number of carbonyl (C=O) groups is 4. The van der Waals surface area contributed by atoms with Gasteiger partial charge >= 0.3 is 12.1 Å². The average molecular weight is 548 g/mol. The lowest BCUT2D eigenvalue weighted by molar-refractivity contribution is -0.145. The number of nitrogens with zero attached hydrogens (tertiary/aromatic N) is 1. The number of ether oxygens (including phenoxy) is 2. The Morgan fingerprint density at radius 2 is 1.54 bits per heavy atom. The third-order valence-electron chi connectivity index (χ3n) is 6.15. The molecule has 3 amide bonds. The SMILES string of the molecule is CCCCCCCN(C(=O)C(NC(=O)OC(C)(C)C)C(C)C)C(C(=O)NCC(=O)OC)c1cc(C)cc(C)c1. The predicted molar refractivity (Wildman–Crippen MR) is 152 cm³/mol. The maximum Gasteiger partial charge on any atom is 0.408 e. The van der Waals surface area contributed by atoms with Crippen LogP contribution in [0.1, 0.15) is 96.4 Å². The molecule has 0 fully saturated rings. The molecule has 2 unspecified atom stereocenters. The molecule has 0 aliphatic carbocycles. The Hall–Kier alpha value is -3.10. The maximum absolute atomic E-state index is 14.2. The summed E-state index contributed by atoms with van der Waals surface area (Å²) < 4.78 is 10.1. The Balaban J connectivity index is 3.52. The second kappa shape index (κ2) is 16.1. The summed E-state index contributed by atoms with van der Waals surface area (Å²) in [7, 11) is 1.25. The number of methoxy groups -OCH3 is 1. The number of benzene rings is 1. The summed E-state index contributed by atoms with van der Waals surface area (Å²) in [4.78, 5) is 53.8. The molecule has 0 heterocycles. The molecular weight excluding hydrogens is 498 g/mol. The minimum absolute atomic E-state index is 0.273. The molecule has 1 aromatic rings. The van der Waals surface area contributed by atoms with Gasteiger partial charge in [0.15, 0.2) is 0 Å². The molecule has 2 N–H and O–H groups in total. The number of amides is 3. The summed E-state index contributed by atoms with van der Waals surface area (Å²) in [5.41, 5.74) is 1.79. The van der Waals surface area contributed by atoms with Gasteiger partial charge in [-0.05, 0) is 52.5 Å². The van der Waals surface area contributed by atoms with Crippen LogP contribution in [0.25, 0.3) is 0 Å². The van der Waals surface area contributed by atoms with Crippen LogP contribution in [0.15, 0.2) is 18.2 Å². The van der Waals surface area contributed by atoms with Gasteiger partial charge in [-0.3, -0.25) is 14.4 Å². The van der Waals surface area contributed by atoms with Crippen LogP contribution in [0.4, 0.5) is 4.79 Å². The van der Waals surface area contributed by atoms with Gasteiger partial charge in [0.2, 0.25) is 11.8 Å². The van der Waals surface area contributed by atoms with E-state index in [1.165, 1.54) is 12.0 Å². The van der Waals surface area contributed by atoms with E-state index in [4.69, 9.17) is 9.47 Å². The Labute approximate surface area is 234 Å². The zero-order chi connectivity index (χ0) is 29.8. The normalized spacial score (nSPS) is 12.9. The van der Waals surface area contributed by atoms with Gasteiger partial charge in [0.1, 0.15) is 24.2 Å². The van der Waals surface area contributed by atoms with Crippen molar-refractivity contribution in [1.82, 2.24) is 15.5 Å². The van der Waals surface area contributed by atoms with Crippen molar-refractivity contribution < 1.29 is 28.7 Å². The Bertz CT molecular complexity index is 950. The minimum atomic E-state index is -1.01. The van der Waals surface area contributed by atoms with E-state index in [0.29, 0.717) is 18.5 Å². The van der Waals surface area contributed by atoms with E-state index in [0.717, 1.165) is 36.8 Å². The number of nitrogens with one attached hydrogen (secondary N) is 2. The Kier molecular flexibility index (Phi) is 14.0. The van der Waals surface area contributed by atoms with Crippen molar-refractivity contribution in [1.29, 1.82) is 0 Å². The first-order chi connectivity index (χ1) is 18.2. The number of alkyl carbamates (subject to hydrolysis) is 1. The molecule has 1 aromatic carbocycles. The number of carbonyl (C=O) groups excluding carboxylic acids is 4. The van der Waals surface area contributed by atoms with Crippen LogP contribution in [-0.2, 0) is 23.9 Å². The third-order valence-corrected chi connectivity index (χ3v) is 6.15. The van der Waals surface area contributed by atoms with Crippen molar-refractivity contribution >= 4 is 23.9 Å². The molecule has 220 valence electrons. The van der Waals surface area contributed by atoms with E-state index in [9.17, 15) is 19.2 Å². The molecule has 0 aliphatic heterocycles. The highest BCUT2D eigenvalue weighted by Crippen LogP contribution is 2.27. The van der Waals surface area contributed by atoms with E-state index >= 15 is 0 Å². The number of rotatable bonds is 14. The Morgan fingerprint density at radius 3 is 2.05 bits per heavy atom. The van der Waals surface area contributed by atoms with Crippen molar-refractivity contribution in [2.45, 2.75) is 105 Å². The van der Waals surface area contributed by atoms with Gasteiger partial charge in [-0.15, -0.1) is 0 Å². The number of esters is 1. The van der Waals surface area contributed by atoms with Gasteiger partial charge in [-0.2, -0.15) is 0 Å². The number of unbranched alkanes of at least 4 members (excludes halogenated alkanes) is 4. The first kappa shape index (κ1) is 33.9. The van der Waals surface area contributed by atoms with Crippen LogP contribution in [0.3, 0.4) is 0 Å². The zero-order valence-corrected chi connectivity index (χ0v) is 25.3. The van der Waals surface area contributed by atoms with Crippen molar-refractivity contribution in [3.63, 3.8) is 0 Å². The van der Waals surface area contributed by atoms with Crippen LogP contribution in [0.2, 0.25) is 0 Å². The molecule has 0 aliphatic rings. The highest BCUT2D eigenvalue weighted by Gasteiger charge is 2.37. The van der Waals surface area contributed by atoms with Gasteiger partial charge < -0.3 is 25.0 Å². The predicted octanol–water partition coefficient (Wildman–Crippen LogP) is 4.98. The zero-order valence-electron chi connectivity index (χ0n) is 25.3. The molecule has 9 nitrogen and oxygen atoms in total. The van der Waals surface area contributed by atoms with E-state index < -0.39 is 35.7 Å². The van der Waals surface area contributed by atoms with E-state index in [1.807, 2.05) is 45.9 Å². The lowest BCUT2D eigenvalue weighted by Crippen LogP contribution is -2.55. The summed E-state index contributed by atoms with van der Waals surface area (Å²) in [6.45, 7) is 14.9. The van der Waals surface area contributed by atoms with Crippen LogP contribution in [-0.4, -0.2) is 60.6 Å². The molecule has 0 spiro atoms. The highest BCUT2D eigenvalue weighted by molar-refractivity contribution is 5.93. The molecule has 0 saturated carbocycles. The number of aryl methyl sites for hydroxylation is 2. The fourth-order valence-corrected chi connectivity index (χ4v) is 4.35. The third kappa shape index (κ3) is 12.1. The van der Waals surface area contributed by atoms with Gasteiger partial charge in [0, 0.05) is 6.54 Å². The lowest BCUT2D eigenvalue weighted by Gasteiger charge is -2.36. The van der Waals surface area contributed by atoms with Gasteiger partial charge in [0.25, 0.3) is 0 Å². The van der Waals surface area contributed by atoms with Crippen LogP contribution < -0.4 is 10.6 Å². The van der Waals surface area contributed by atoms with Crippen molar-refractivity contribution in [2.75, 3.05) is 20.2 Å². The lowest BCUT2D eigenvalue weighted by atomic mass is 9.96. The minimum Gasteiger partial charge on any atom is -0.468 e. The van der Waals surface area contributed by atoms with Crippen LogP contribution in [0.5, 0.6) is 0 Å². The second-order valence-corrected chi connectivity index (χ2v) is 11.4. The number of hydrogen-bond donors (Lipinski definition) is 2. The Morgan fingerprint density at radius 1 is 0.949 bits per heavy atom. The maximum atomic E-state index is 14.2. The van der Waals surface area contributed by atoms with Crippen LogP contribution >= 0.6 is 0 Å². The van der Waals surface area contributed by atoms with Crippen molar-refractivity contribution in [3.05, 3.63) is 34.9 Å². The summed E-state index contributed by atoms with van der Waals surface area (Å²) in [6, 6.07) is 3.81. The quantitative estimate of drug-likeness (QED) is 0.251. The standard InChI is InChI=1S/C30H49N3O6/c1-10-11-12-13-14-15-33(28(36)25(20(2)3)32-29(37)39-30(6,7)8)26(27(35)31-19-24(34)38-9)23-17-21(4)16-22(5)18-23/h16-18,20,25-26H,10-15,19H2,1-9H3,(H,31,35)(H,32,37). The summed E-state index contributed by atoms with van der Waals surface area (Å²) >= 11 is 0. The molecule has 0 saturated heterocycles. The molecule has 0 bridgehead atoms. The average Bonchev–Trinajstić information content (AvgIpc) is 2.82. The van der Waals surface area contributed by atoms with Gasteiger partial charge in [0.05, 0.1) is 7.11 Å². The molecule has 39 heavy (non-hydrogen) atoms. The first-order valence-corrected chi connectivity index (χ1v) is 13.9. The van der Waals surface area contributed by atoms with E-state index in [1.54, 1.807) is 20.8 Å². The van der Waals surface area contributed by atoms with E-state index in [2.05, 4.69) is 17.6 Å². The molecule has 0 aromatic heterocycles. The smallest absolute Gasteiger partial charge is 0.408 e. The monoisotopic (exact) mass is 547 g/mol. The summed E-state index contributed by atoms with van der Waals surface area (Å²) in [5.74, 6) is -1.74. The fourth-order valence-electron chi connectivity index (χ4n) is 4.35. The molecule has 9 heteroatoms. The molecular formula is C30H49N3O6. The van der Waals surface area contributed by atoms with Crippen molar-refractivity contribution in [2.24, 2.45) is 5.92 Å². The summed E-state index contributed by atoms with van der Waals surface area (Å²) in [6.07, 6.45) is 4.07. The largest absolute Gasteiger partial charge is 0.468 e. The highest BCUT2D eigenvalue weighted by atomic mass is 16.6. The second-order valence-electron chi connectivity index (χ2n) is 11.4.